The molecule has 4 nitrogen and oxygen atoms in total. The molecule has 1 saturated carbocycles. The number of aliphatic hydroxyl groups excluding tert-OH is 1. The van der Waals surface area contributed by atoms with E-state index in [1.807, 2.05) is 0 Å². The zero-order valence-corrected chi connectivity index (χ0v) is 8.75. The van der Waals surface area contributed by atoms with Crippen LogP contribution in [-0.2, 0) is 4.79 Å². The molecule has 0 radical (unpaired) electrons. The predicted octanol–water partition coefficient (Wildman–Crippen LogP) is 0.145. The van der Waals surface area contributed by atoms with Crippen LogP contribution in [0.3, 0.4) is 0 Å². The Morgan fingerprint density at radius 3 is 2.71 bits per heavy atom. The van der Waals surface area contributed by atoms with Gasteiger partial charge in [-0.15, -0.1) is 0 Å². The van der Waals surface area contributed by atoms with E-state index in [0.717, 1.165) is 19.3 Å². The van der Waals surface area contributed by atoms with Crippen LogP contribution >= 0.6 is 0 Å². The zero-order chi connectivity index (χ0) is 10.6. The van der Waals surface area contributed by atoms with Crippen LogP contribution in [0.4, 0.5) is 0 Å². The molecule has 0 aromatic rings. The van der Waals surface area contributed by atoms with Gasteiger partial charge in [-0.3, -0.25) is 4.79 Å². The summed E-state index contributed by atoms with van der Waals surface area (Å²) in [6.45, 7) is 2.25. The highest BCUT2D eigenvalue weighted by Gasteiger charge is 2.34. The molecule has 1 aliphatic rings. The highest BCUT2D eigenvalue weighted by atomic mass is 16.3. The molecular weight excluding hydrogens is 180 g/mol. The van der Waals surface area contributed by atoms with Gasteiger partial charge in [-0.25, -0.2) is 0 Å². The van der Waals surface area contributed by atoms with Crippen LogP contribution in [0, 0.1) is 0 Å². The van der Waals surface area contributed by atoms with Gasteiger partial charge in [-0.05, 0) is 32.6 Å². The van der Waals surface area contributed by atoms with E-state index >= 15 is 0 Å². The average molecular weight is 200 g/mol. The molecule has 14 heavy (non-hydrogen) atoms. The fourth-order valence-corrected chi connectivity index (χ4v) is 1.61. The molecule has 0 heterocycles. The van der Waals surface area contributed by atoms with Crippen molar-refractivity contribution in [2.75, 3.05) is 6.54 Å². The topological polar surface area (TPSA) is 75.3 Å². The van der Waals surface area contributed by atoms with E-state index in [1.54, 1.807) is 6.92 Å². The monoisotopic (exact) mass is 200 g/mol. The van der Waals surface area contributed by atoms with Crippen molar-refractivity contribution in [2.24, 2.45) is 5.73 Å². The van der Waals surface area contributed by atoms with Gasteiger partial charge >= 0.3 is 0 Å². The average Bonchev–Trinajstić information content (AvgIpc) is 2.00. The fraction of sp³-hybridized carbons (Fsp3) is 0.900. The number of aliphatic hydroxyl groups is 1. The van der Waals surface area contributed by atoms with E-state index in [-0.39, 0.29) is 17.6 Å². The van der Waals surface area contributed by atoms with E-state index in [9.17, 15) is 4.79 Å². The Balaban J connectivity index is 2.10. The first-order chi connectivity index (χ1) is 6.52. The van der Waals surface area contributed by atoms with E-state index in [4.69, 9.17) is 10.8 Å². The van der Waals surface area contributed by atoms with Crippen molar-refractivity contribution in [3.8, 4) is 0 Å². The Kier molecular flexibility index (Phi) is 3.89. The standard InChI is InChI=1S/C10H20N2O2/c1-8(13)3-6-12-9(14)7-10(11)4-2-5-10/h8,13H,2-7,11H2,1H3,(H,12,14). The van der Waals surface area contributed by atoms with Gasteiger partial charge in [0.25, 0.3) is 0 Å². The molecule has 1 fully saturated rings. The summed E-state index contributed by atoms with van der Waals surface area (Å²) in [5.41, 5.74) is 5.68. The van der Waals surface area contributed by atoms with E-state index in [0.29, 0.717) is 19.4 Å². The van der Waals surface area contributed by atoms with E-state index < -0.39 is 0 Å². The summed E-state index contributed by atoms with van der Waals surface area (Å²) in [4.78, 5) is 11.4. The number of nitrogens with two attached hydrogens (primary N) is 1. The maximum absolute atomic E-state index is 11.4. The highest BCUT2D eigenvalue weighted by molar-refractivity contribution is 5.77. The Hall–Kier alpha value is -0.610. The summed E-state index contributed by atoms with van der Waals surface area (Å²) in [6.07, 6.45) is 3.71. The molecule has 1 aliphatic carbocycles. The molecule has 1 unspecified atom stereocenters. The number of nitrogens with one attached hydrogen (secondary N) is 1. The molecule has 0 spiro atoms. The summed E-state index contributed by atoms with van der Waals surface area (Å²) in [5, 5.41) is 11.7. The summed E-state index contributed by atoms with van der Waals surface area (Å²) in [5.74, 6) is 0.00727. The van der Waals surface area contributed by atoms with Crippen LogP contribution in [0.25, 0.3) is 0 Å². The van der Waals surface area contributed by atoms with Gasteiger partial charge in [0, 0.05) is 18.5 Å². The second-order valence-electron chi connectivity index (χ2n) is 4.38. The summed E-state index contributed by atoms with van der Waals surface area (Å²) in [7, 11) is 0. The SMILES string of the molecule is CC(O)CCNC(=O)CC1(N)CCC1. The third-order valence-corrected chi connectivity index (χ3v) is 2.75. The highest BCUT2D eigenvalue weighted by Crippen LogP contribution is 2.31. The predicted molar refractivity (Wildman–Crippen MR) is 54.7 cm³/mol. The number of amides is 1. The van der Waals surface area contributed by atoms with Gasteiger partial charge in [-0.1, -0.05) is 0 Å². The molecule has 0 aliphatic heterocycles. The van der Waals surface area contributed by atoms with Crippen molar-refractivity contribution in [1.29, 1.82) is 0 Å². The summed E-state index contributed by atoms with van der Waals surface area (Å²) in [6, 6.07) is 0. The summed E-state index contributed by atoms with van der Waals surface area (Å²) < 4.78 is 0. The van der Waals surface area contributed by atoms with Gasteiger partial charge in [0.1, 0.15) is 0 Å². The molecule has 1 amide bonds. The Morgan fingerprint density at radius 1 is 1.64 bits per heavy atom. The van der Waals surface area contributed by atoms with Crippen molar-refractivity contribution < 1.29 is 9.90 Å². The molecule has 0 bridgehead atoms. The Morgan fingerprint density at radius 2 is 2.29 bits per heavy atom. The van der Waals surface area contributed by atoms with Crippen LogP contribution in [0.5, 0.6) is 0 Å². The van der Waals surface area contributed by atoms with Gasteiger partial charge in [0.05, 0.1) is 6.10 Å². The fourth-order valence-electron chi connectivity index (χ4n) is 1.61. The zero-order valence-electron chi connectivity index (χ0n) is 8.75. The van der Waals surface area contributed by atoms with Gasteiger partial charge in [0.2, 0.25) is 5.91 Å². The first-order valence-corrected chi connectivity index (χ1v) is 5.25. The van der Waals surface area contributed by atoms with Crippen LogP contribution in [0.2, 0.25) is 0 Å². The third kappa shape index (κ3) is 3.64. The van der Waals surface area contributed by atoms with Crippen molar-refractivity contribution in [1.82, 2.24) is 5.32 Å². The lowest BCUT2D eigenvalue weighted by Gasteiger charge is -2.37. The quantitative estimate of drug-likeness (QED) is 0.591. The lowest BCUT2D eigenvalue weighted by Crippen LogP contribution is -2.50. The van der Waals surface area contributed by atoms with Crippen LogP contribution in [0.1, 0.15) is 39.0 Å². The molecule has 4 N–H and O–H groups in total. The number of rotatable bonds is 5. The molecule has 0 aromatic heterocycles. The minimum absolute atomic E-state index is 0.00727. The molecule has 0 aromatic carbocycles. The van der Waals surface area contributed by atoms with Crippen molar-refractivity contribution in [3.63, 3.8) is 0 Å². The lowest BCUT2D eigenvalue weighted by atomic mass is 9.75. The normalized spacial score (nSPS) is 21.1. The first-order valence-electron chi connectivity index (χ1n) is 5.25. The minimum Gasteiger partial charge on any atom is -0.393 e. The molecule has 1 rings (SSSR count). The Labute approximate surface area is 84.9 Å². The molecule has 0 saturated heterocycles. The van der Waals surface area contributed by atoms with Crippen LogP contribution < -0.4 is 11.1 Å². The largest absolute Gasteiger partial charge is 0.393 e. The van der Waals surface area contributed by atoms with Gasteiger partial charge in [-0.2, -0.15) is 0 Å². The van der Waals surface area contributed by atoms with E-state index in [1.165, 1.54) is 0 Å². The van der Waals surface area contributed by atoms with Gasteiger partial charge < -0.3 is 16.2 Å². The third-order valence-electron chi connectivity index (χ3n) is 2.75. The number of hydrogen-bond acceptors (Lipinski definition) is 3. The maximum Gasteiger partial charge on any atom is 0.221 e. The minimum atomic E-state index is -0.356. The molecule has 82 valence electrons. The smallest absolute Gasteiger partial charge is 0.221 e. The van der Waals surface area contributed by atoms with Crippen molar-refractivity contribution >= 4 is 5.91 Å². The van der Waals surface area contributed by atoms with Crippen molar-refractivity contribution in [3.05, 3.63) is 0 Å². The van der Waals surface area contributed by atoms with E-state index in [2.05, 4.69) is 5.32 Å². The van der Waals surface area contributed by atoms with Crippen molar-refractivity contribution in [2.45, 2.75) is 50.7 Å². The Bertz CT molecular complexity index is 200. The molecule has 4 heteroatoms. The number of carbonyl (C=O) groups is 1. The van der Waals surface area contributed by atoms with Gasteiger partial charge in [0.15, 0.2) is 0 Å². The molecular formula is C10H20N2O2. The van der Waals surface area contributed by atoms with Crippen LogP contribution in [-0.4, -0.2) is 29.2 Å². The molecule has 1 atom stereocenters. The number of hydrogen-bond donors (Lipinski definition) is 3. The lowest BCUT2D eigenvalue weighted by molar-refractivity contribution is -0.123. The maximum atomic E-state index is 11.4. The number of carbonyl (C=O) groups excluding carboxylic acids is 1. The second-order valence-corrected chi connectivity index (χ2v) is 4.38. The second kappa shape index (κ2) is 4.75. The van der Waals surface area contributed by atoms with Crippen LogP contribution in [0.15, 0.2) is 0 Å². The summed E-state index contributed by atoms with van der Waals surface area (Å²) >= 11 is 0. The first kappa shape index (κ1) is 11.5.